The van der Waals surface area contributed by atoms with Gasteiger partial charge in [0.15, 0.2) is 12.2 Å². The third kappa shape index (κ3) is 73.0. The van der Waals surface area contributed by atoms with Crippen LogP contribution in [0.2, 0.25) is 0 Å². The molecular formula is C81H158O17P2. The number of aliphatic hydroxyl groups is 1. The standard InChI is InChI=1S/C81H158O17P2/c1-8-10-11-12-38-48-55-62-78(83)91-68-76(98-81(86)65-58-51-44-37-40-46-53-60-73(5)6)70-95-99(87,88)93-66-75(82)67-94-100(89,90)96-71-77(69-92-79(84)63-56-49-42-35-31-27-23-19-15-13-17-21-25-29-33-39-45-52-59-72(3)4)97-80(85)64-57-50-43-36-32-28-24-20-16-14-18-22-26-30-34-41-47-54-61-74(7)9-2/h72-77,82H,8-71H2,1-7H3,(H,87,88)(H,89,90)/t74?,75-,76+,77+/m0/s1. The molecule has 0 saturated carbocycles. The molecule has 0 aliphatic carbocycles. The third-order valence-corrected chi connectivity index (χ3v) is 21.1. The van der Waals surface area contributed by atoms with E-state index in [1.807, 2.05) is 0 Å². The first kappa shape index (κ1) is 98.1. The van der Waals surface area contributed by atoms with Crippen LogP contribution in [-0.4, -0.2) is 96.7 Å². The highest BCUT2D eigenvalue weighted by Crippen LogP contribution is 2.45. The molecule has 17 nitrogen and oxygen atoms in total. The van der Waals surface area contributed by atoms with Crippen molar-refractivity contribution in [1.29, 1.82) is 0 Å². The van der Waals surface area contributed by atoms with Gasteiger partial charge in [0.2, 0.25) is 0 Å². The molecule has 0 rings (SSSR count). The summed E-state index contributed by atoms with van der Waals surface area (Å²) in [7, 11) is -9.91. The first-order chi connectivity index (χ1) is 48.3. The van der Waals surface area contributed by atoms with Crippen molar-refractivity contribution in [3.8, 4) is 0 Å². The summed E-state index contributed by atoms with van der Waals surface area (Å²) in [4.78, 5) is 72.7. The van der Waals surface area contributed by atoms with E-state index in [0.717, 1.165) is 115 Å². The lowest BCUT2D eigenvalue weighted by Gasteiger charge is -2.21. The van der Waals surface area contributed by atoms with Crippen LogP contribution >= 0.6 is 15.6 Å². The van der Waals surface area contributed by atoms with Crippen LogP contribution in [0.15, 0.2) is 0 Å². The van der Waals surface area contributed by atoms with Crippen molar-refractivity contribution >= 4 is 39.5 Å². The van der Waals surface area contributed by atoms with Crippen LogP contribution in [0.1, 0.15) is 421 Å². The number of phosphoric acid groups is 2. The lowest BCUT2D eigenvalue weighted by atomic mass is 9.99. The van der Waals surface area contributed by atoms with E-state index in [4.69, 9.17) is 37.0 Å². The van der Waals surface area contributed by atoms with Crippen molar-refractivity contribution in [1.82, 2.24) is 0 Å². The topological polar surface area (TPSA) is 237 Å². The Morgan fingerprint density at radius 3 is 0.760 bits per heavy atom. The van der Waals surface area contributed by atoms with Gasteiger partial charge in [-0.15, -0.1) is 0 Å². The minimum Gasteiger partial charge on any atom is -0.462 e. The Hall–Kier alpha value is -1.94. The van der Waals surface area contributed by atoms with E-state index in [1.54, 1.807) is 0 Å². The zero-order chi connectivity index (χ0) is 73.7. The van der Waals surface area contributed by atoms with Gasteiger partial charge in [0.1, 0.15) is 19.3 Å². The molecular weight excluding hydrogens is 1310 g/mol. The second kappa shape index (κ2) is 71.3. The summed E-state index contributed by atoms with van der Waals surface area (Å²) >= 11 is 0. The molecule has 100 heavy (non-hydrogen) atoms. The maximum absolute atomic E-state index is 13.1. The zero-order valence-electron chi connectivity index (χ0n) is 65.7. The van der Waals surface area contributed by atoms with Crippen LogP contribution in [0.25, 0.3) is 0 Å². The van der Waals surface area contributed by atoms with Crippen LogP contribution < -0.4 is 0 Å². The average molecular weight is 1470 g/mol. The van der Waals surface area contributed by atoms with E-state index in [2.05, 4.69) is 48.5 Å². The van der Waals surface area contributed by atoms with Crippen molar-refractivity contribution in [2.75, 3.05) is 39.6 Å². The number of ether oxygens (including phenoxy) is 4. The monoisotopic (exact) mass is 1470 g/mol. The molecule has 0 bridgehead atoms. The number of rotatable bonds is 79. The van der Waals surface area contributed by atoms with Crippen LogP contribution in [0.4, 0.5) is 0 Å². The highest BCUT2D eigenvalue weighted by Gasteiger charge is 2.30. The van der Waals surface area contributed by atoms with Gasteiger partial charge < -0.3 is 33.8 Å². The lowest BCUT2D eigenvalue weighted by molar-refractivity contribution is -0.161. The smallest absolute Gasteiger partial charge is 0.462 e. The predicted molar refractivity (Wildman–Crippen MR) is 409 cm³/mol. The molecule has 3 unspecified atom stereocenters. The van der Waals surface area contributed by atoms with E-state index < -0.39 is 97.5 Å². The molecule has 6 atom stereocenters. The van der Waals surface area contributed by atoms with E-state index in [0.29, 0.717) is 31.6 Å². The number of unbranched alkanes of at least 4 members (excludes halogenated alkanes) is 46. The number of aliphatic hydroxyl groups excluding tert-OH is 1. The third-order valence-electron chi connectivity index (χ3n) is 19.2. The summed E-state index contributed by atoms with van der Waals surface area (Å²) in [6.07, 6.45) is 60.1. The predicted octanol–water partition coefficient (Wildman–Crippen LogP) is 24.1. The molecule has 0 aromatic carbocycles. The number of carbonyl (C=O) groups excluding carboxylic acids is 4. The Labute approximate surface area is 613 Å². The van der Waals surface area contributed by atoms with Gasteiger partial charge in [-0.1, -0.05) is 370 Å². The molecule has 594 valence electrons. The van der Waals surface area contributed by atoms with Crippen molar-refractivity contribution in [2.24, 2.45) is 17.8 Å². The van der Waals surface area contributed by atoms with E-state index in [9.17, 15) is 43.2 Å². The van der Waals surface area contributed by atoms with Crippen LogP contribution in [-0.2, 0) is 65.4 Å². The van der Waals surface area contributed by atoms with Gasteiger partial charge >= 0.3 is 39.5 Å². The van der Waals surface area contributed by atoms with E-state index >= 15 is 0 Å². The van der Waals surface area contributed by atoms with Gasteiger partial charge in [-0.2, -0.15) is 0 Å². The normalized spacial score (nSPS) is 14.2. The van der Waals surface area contributed by atoms with Crippen LogP contribution in [0.5, 0.6) is 0 Å². The van der Waals surface area contributed by atoms with Gasteiger partial charge in [0.05, 0.1) is 26.4 Å². The van der Waals surface area contributed by atoms with Crippen molar-refractivity contribution < 1.29 is 80.2 Å². The van der Waals surface area contributed by atoms with E-state index in [-0.39, 0.29) is 25.7 Å². The first-order valence-corrected chi connectivity index (χ1v) is 44.9. The zero-order valence-corrected chi connectivity index (χ0v) is 67.5. The Morgan fingerprint density at radius 2 is 0.510 bits per heavy atom. The summed E-state index contributed by atoms with van der Waals surface area (Å²) in [5.41, 5.74) is 0. The van der Waals surface area contributed by atoms with Crippen molar-refractivity contribution in [3.05, 3.63) is 0 Å². The molecule has 3 N–H and O–H groups in total. The minimum absolute atomic E-state index is 0.103. The van der Waals surface area contributed by atoms with Gasteiger partial charge in [-0.05, 0) is 43.4 Å². The average Bonchev–Trinajstić information content (AvgIpc) is 0.933. The van der Waals surface area contributed by atoms with Crippen LogP contribution in [0.3, 0.4) is 0 Å². The fraction of sp³-hybridized carbons (Fsp3) is 0.951. The Kier molecular flexibility index (Phi) is 69.9. The van der Waals surface area contributed by atoms with E-state index in [1.165, 1.54) is 218 Å². The van der Waals surface area contributed by atoms with Crippen molar-refractivity contribution in [3.63, 3.8) is 0 Å². The maximum atomic E-state index is 13.1. The second-order valence-electron chi connectivity index (χ2n) is 30.4. The highest BCUT2D eigenvalue weighted by molar-refractivity contribution is 7.47. The molecule has 0 heterocycles. The fourth-order valence-electron chi connectivity index (χ4n) is 12.5. The molecule has 0 aliphatic rings. The Morgan fingerprint density at radius 1 is 0.290 bits per heavy atom. The summed E-state index contributed by atoms with van der Waals surface area (Å²) in [6, 6.07) is 0. The number of phosphoric ester groups is 2. The molecule has 0 aliphatic heterocycles. The number of esters is 4. The molecule has 19 heteroatoms. The molecule has 0 amide bonds. The summed E-state index contributed by atoms with van der Waals surface area (Å²) in [5.74, 6) is 0.270. The first-order valence-electron chi connectivity index (χ1n) is 41.9. The minimum atomic E-state index is -4.96. The largest absolute Gasteiger partial charge is 0.472 e. The second-order valence-corrected chi connectivity index (χ2v) is 33.3. The quantitative estimate of drug-likeness (QED) is 0.0222. The summed E-state index contributed by atoms with van der Waals surface area (Å²) in [6.45, 7) is 11.9. The number of hydrogen-bond acceptors (Lipinski definition) is 15. The number of carbonyl (C=O) groups is 4. The highest BCUT2D eigenvalue weighted by atomic mass is 31.2. The van der Waals surface area contributed by atoms with Crippen molar-refractivity contribution in [2.45, 2.75) is 439 Å². The van der Waals surface area contributed by atoms with Gasteiger partial charge in [0, 0.05) is 25.7 Å². The molecule has 0 fully saturated rings. The lowest BCUT2D eigenvalue weighted by Crippen LogP contribution is -2.30. The van der Waals surface area contributed by atoms with Gasteiger partial charge in [0.25, 0.3) is 0 Å². The SMILES string of the molecule is CCCCCCCCCC(=O)OC[C@H](COP(=O)(O)OC[C@H](O)COP(=O)(O)OC[C@@H](COC(=O)CCCCCCCCCCCCCCCCCCCCC(C)C)OC(=O)CCCCCCCCCCCCCCCCCCCCC(C)CC)OC(=O)CCCCCCCCCC(C)C. The molecule has 0 aromatic rings. The molecule has 0 saturated heterocycles. The maximum Gasteiger partial charge on any atom is 0.472 e. The Balaban J connectivity index is 5.13. The van der Waals surface area contributed by atoms with Gasteiger partial charge in [-0.25, -0.2) is 9.13 Å². The Bertz CT molecular complexity index is 1940. The summed E-state index contributed by atoms with van der Waals surface area (Å²) in [5, 5.41) is 10.6. The summed E-state index contributed by atoms with van der Waals surface area (Å²) < 4.78 is 68.5. The molecule has 0 radical (unpaired) electrons. The number of hydrogen-bond donors (Lipinski definition) is 3. The molecule has 0 spiro atoms. The molecule has 0 aromatic heterocycles. The van der Waals surface area contributed by atoms with Gasteiger partial charge in [-0.3, -0.25) is 37.3 Å². The van der Waals surface area contributed by atoms with Crippen LogP contribution in [0, 0.1) is 17.8 Å². The fourth-order valence-corrected chi connectivity index (χ4v) is 14.0.